The third-order valence-corrected chi connectivity index (χ3v) is 5.12. The summed E-state index contributed by atoms with van der Waals surface area (Å²) in [7, 11) is 0. The number of hydrogen-bond acceptors (Lipinski definition) is 4. The van der Waals surface area contributed by atoms with Gasteiger partial charge in [-0.25, -0.2) is 0 Å². The molecule has 7 nitrogen and oxygen atoms in total. The van der Waals surface area contributed by atoms with Crippen molar-refractivity contribution in [3.8, 4) is 5.75 Å². The summed E-state index contributed by atoms with van der Waals surface area (Å²) < 4.78 is 5.55. The van der Waals surface area contributed by atoms with Crippen molar-refractivity contribution in [3.05, 3.63) is 84.4 Å². The van der Waals surface area contributed by atoms with Crippen LogP contribution in [0.5, 0.6) is 5.75 Å². The molecule has 4 rings (SSSR count). The minimum absolute atomic E-state index is 0.209. The Morgan fingerprint density at radius 1 is 0.969 bits per heavy atom. The first-order valence-corrected chi connectivity index (χ1v) is 10.4. The van der Waals surface area contributed by atoms with E-state index in [9.17, 15) is 14.4 Å². The molecule has 3 aromatic carbocycles. The molecule has 0 radical (unpaired) electrons. The molecule has 1 aliphatic heterocycles. The van der Waals surface area contributed by atoms with E-state index in [1.54, 1.807) is 66.7 Å². The molecule has 0 unspecified atom stereocenters. The van der Waals surface area contributed by atoms with E-state index >= 15 is 0 Å². The molecular formula is C25H23N3O4. The summed E-state index contributed by atoms with van der Waals surface area (Å²) in [4.78, 5) is 40.7. The summed E-state index contributed by atoms with van der Waals surface area (Å²) >= 11 is 0. The number of carbonyl (C=O) groups excluding carboxylic acids is 3. The third kappa shape index (κ3) is 4.32. The van der Waals surface area contributed by atoms with Gasteiger partial charge < -0.3 is 15.4 Å². The fourth-order valence-electron chi connectivity index (χ4n) is 3.67. The number of nitrogens with one attached hydrogen (secondary N) is 2. The third-order valence-electron chi connectivity index (χ3n) is 5.12. The van der Waals surface area contributed by atoms with Crippen molar-refractivity contribution in [2.24, 2.45) is 0 Å². The lowest BCUT2D eigenvalue weighted by molar-refractivity contribution is -0.122. The van der Waals surface area contributed by atoms with Crippen molar-refractivity contribution in [2.75, 3.05) is 22.1 Å². The summed E-state index contributed by atoms with van der Waals surface area (Å²) in [6.45, 7) is 2.31. The van der Waals surface area contributed by atoms with Gasteiger partial charge in [-0.1, -0.05) is 42.5 Å². The zero-order valence-electron chi connectivity index (χ0n) is 17.6. The van der Waals surface area contributed by atoms with Crippen LogP contribution >= 0.6 is 0 Å². The molecule has 1 atom stereocenters. The van der Waals surface area contributed by atoms with Gasteiger partial charge >= 0.3 is 0 Å². The Labute approximate surface area is 186 Å². The molecule has 1 heterocycles. The van der Waals surface area contributed by atoms with E-state index in [1.165, 1.54) is 4.90 Å². The number of carbonyl (C=O) groups is 3. The van der Waals surface area contributed by atoms with Gasteiger partial charge in [-0.3, -0.25) is 19.3 Å². The number of ether oxygens (including phenoxy) is 1. The van der Waals surface area contributed by atoms with Gasteiger partial charge in [0.25, 0.3) is 5.91 Å². The minimum atomic E-state index is -1.00. The monoisotopic (exact) mass is 429 g/mol. The van der Waals surface area contributed by atoms with Crippen molar-refractivity contribution in [3.63, 3.8) is 0 Å². The van der Waals surface area contributed by atoms with Gasteiger partial charge in [-0.2, -0.15) is 0 Å². The molecule has 2 N–H and O–H groups in total. The van der Waals surface area contributed by atoms with E-state index in [2.05, 4.69) is 10.6 Å². The first-order valence-electron chi connectivity index (χ1n) is 10.4. The van der Waals surface area contributed by atoms with Crippen LogP contribution in [0.3, 0.4) is 0 Å². The van der Waals surface area contributed by atoms with E-state index in [1.807, 2.05) is 19.1 Å². The quantitative estimate of drug-likeness (QED) is 0.618. The van der Waals surface area contributed by atoms with Crippen LogP contribution in [0.2, 0.25) is 0 Å². The molecule has 7 heteroatoms. The average Bonchev–Trinajstić information content (AvgIpc) is 2.81. The summed E-state index contributed by atoms with van der Waals surface area (Å²) in [6, 6.07) is 21.8. The Kier molecular flexibility index (Phi) is 6.17. The first-order chi connectivity index (χ1) is 15.6. The van der Waals surface area contributed by atoms with Crippen molar-refractivity contribution < 1.29 is 19.1 Å². The molecule has 0 aliphatic carbocycles. The molecule has 0 aromatic heterocycles. The Morgan fingerprint density at radius 2 is 1.66 bits per heavy atom. The highest BCUT2D eigenvalue weighted by Gasteiger charge is 2.38. The molecule has 0 saturated heterocycles. The molecule has 3 amide bonds. The van der Waals surface area contributed by atoms with E-state index in [-0.39, 0.29) is 12.3 Å². The average molecular weight is 429 g/mol. The molecule has 0 saturated carbocycles. The number of para-hydroxylation sites is 4. The van der Waals surface area contributed by atoms with Gasteiger partial charge in [0.2, 0.25) is 11.8 Å². The maximum absolute atomic E-state index is 13.4. The van der Waals surface area contributed by atoms with Crippen LogP contribution in [0.15, 0.2) is 78.9 Å². The Balaban J connectivity index is 1.63. The summed E-state index contributed by atoms with van der Waals surface area (Å²) in [5.74, 6) is -0.622. The Morgan fingerprint density at radius 3 is 2.44 bits per heavy atom. The Hall–Kier alpha value is -4.13. The van der Waals surface area contributed by atoms with Crippen LogP contribution in [0.4, 0.5) is 17.1 Å². The topological polar surface area (TPSA) is 87.7 Å². The number of benzene rings is 3. The lowest BCUT2D eigenvalue weighted by atomic mass is 10.0. The van der Waals surface area contributed by atoms with Crippen molar-refractivity contribution in [1.82, 2.24) is 0 Å². The predicted octanol–water partition coefficient (Wildman–Crippen LogP) is 4.08. The SMILES string of the molecule is CCOc1ccccc1NC(=O)C[C@H]1C(=O)Nc2ccccc2N1C(=O)c1ccccc1. The molecule has 1 aliphatic rings. The lowest BCUT2D eigenvalue weighted by Gasteiger charge is -2.36. The second-order valence-electron chi connectivity index (χ2n) is 7.24. The number of rotatable bonds is 6. The molecule has 32 heavy (non-hydrogen) atoms. The van der Waals surface area contributed by atoms with Crippen LogP contribution in [-0.2, 0) is 9.59 Å². The number of hydrogen-bond donors (Lipinski definition) is 2. The molecule has 162 valence electrons. The zero-order valence-corrected chi connectivity index (χ0v) is 17.6. The number of anilines is 3. The van der Waals surface area contributed by atoms with E-state index in [0.717, 1.165) is 0 Å². The number of nitrogens with zero attached hydrogens (tertiary/aromatic N) is 1. The smallest absolute Gasteiger partial charge is 0.259 e. The second-order valence-corrected chi connectivity index (χ2v) is 7.24. The van der Waals surface area contributed by atoms with Gasteiger partial charge in [0, 0.05) is 5.56 Å². The molecular weight excluding hydrogens is 406 g/mol. The standard InChI is InChI=1S/C25H23N3O4/c1-2-32-22-15-9-7-13-19(22)26-23(29)16-21-24(30)27-18-12-6-8-14-20(18)28(21)25(31)17-10-4-3-5-11-17/h3-15,21H,2,16H2,1H3,(H,26,29)(H,27,30)/t21-/m0/s1. The molecule has 3 aromatic rings. The van der Waals surface area contributed by atoms with Crippen molar-refractivity contribution >= 4 is 34.8 Å². The van der Waals surface area contributed by atoms with Crippen LogP contribution in [0.1, 0.15) is 23.7 Å². The van der Waals surface area contributed by atoms with E-state index < -0.39 is 17.9 Å². The van der Waals surface area contributed by atoms with Crippen molar-refractivity contribution in [1.29, 1.82) is 0 Å². The van der Waals surface area contributed by atoms with Crippen LogP contribution < -0.4 is 20.3 Å². The second kappa shape index (κ2) is 9.34. The van der Waals surface area contributed by atoms with Crippen LogP contribution in [0.25, 0.3) is 0 Å². The maximum Gasteiger partial charge on any atom is 0.259 e. The van der Waals surface area contributed by atoms with Crippen LogP contribution in [-0.4, -0.2) is 30.4 Å². The number of fused-ring (bicyclic) bond motifs is 1. The van der Waals surface area contributed by atoms with Crippen LogP contribution in [0, 0.1) is 0 Å². The lowest BCUT2D eigenvalue weighted by Crippen LogP contribution is -2.52. The molecule has 0 fully saturated rings. The van der Waals surface area contributed by atoms with Crippen molar-refractivity contribution in [2.45, 2.75) is 19.4 Å². The largest absolute Gasteiger partial charge is 0.492 e. The molecule has 0 spiro atoms. The predicted molar refractivity (Wildman–Crippen MR) is 123 cm³/mol. The maximum atomic E-state index is 13.4. The first kappa shape index (κ1) is 21.1. The fourth-order valence-corrected chi connectivity index (χ4v) is 3.67. The van der Waals surface area contributed by atoms with Gasteiger partial charge in [-0.05, 0) is 43.3 Å². The normalized spacial score (nSPS) is 14.8. The molecule has 0 bridgehead atoms. The van der Waals surface area contributed by atoms with Gasteiger partial charge in [0.15, 0.2) is 0 Å². The Bertz CT molecular complexity index is 1150. The van der Waals surface area contributed by atoms with Gasteiger partial charge in [0.05, 0.1) is 30.1 Å². The number of amides is 3. The van der Waals surface area contributed by atoms with Gasteiger partial charge in [-0.15, -0.1) is 0 Å². The fraction of sp³-hybridized carbons (Fsp3) is 0.160. The highest BCUT2D eigenvalue weighted by Crippen LogP contribution is 2.34. The summed E-state index contributed by atoms with van der Waals surface area (Å²) in [6.07, 6.45) is -0.209. The summed E-state index contributed by atoms with van der Waals surface area (Å²) in [5.41, 5.74) is 2.02. The highest BCUT2D eigenvalue weighted by molar-refractivity contribution is 6.17. The highest BCUT2D eigenvalue weighted by atomic mass is 16.5. The van der Waals surface area contributed by atoms with E-state index in [0.29, 0.717) is 35.0 Å². The van der Waals surface area contributed by atoms with E-state index in [4.69, 9.17) is 4.74 Å². The zero-order chi connectivity index (χ0) is 22.5. The summed E-state index contributed by atoms with van der Waals surface area (Å²) in [5, 5.41) is 5.61. The minimum Gasteiger partial charge on any atom is -0.492 e. The van der Waals surface area contributed by atoms with Gasteiger partial charge in [0.1, 0.15) is 11.8 Å².